The van der Waals surface area contributed by atoms with E-state index in [0.29, 0.717) is 11.6 Å². The van der Waals surface area contributed by atoms with Gasteiger partial charge in [0.1, 0.15) is 11.4 Å². The van der Waals surface area contributed by atoms with Gasteiger partial charge in [0, 0.05) is 35.6 Å². The van der Waals surface area contributed by atoms with Crippen LogP contribution in [0.25, 0.3) is 0 Å². The van der Waals surface area contributed by atoms with Crippen LogP contribution in [0.3, 0.4) is 0 Å². The molecule has 0 fully saturated rings. The Balaban J connectivity index is 1.89. The van der Waals surface area contributed by atoms with Gasteiger partial charge in [-0.05, 0) is 56.4 Å². The SMILES string of the molecule is CCCN1c2cc(OC)c(/C=N\NC(=O)c3ccccn3)cc2C(C)CC1(C)C. The first-order valence-corrected chi connectivity index (χ1v) is 10.1. The van der Waals surface area contributed by atoms with Crippen LogP contribution < -0.4 is 15.1 Å². The zero-order valence-corrected chi connectivity index (χ0v) is 17.9. The molecule has 1 unspecified atom stereocenters. The zero-order chi connectivity index (χ0) is 21.0. The van der Waals surface area contributed by atoms with E-state index in [0.717, 1.165) is 30.7 Å². The van der Waals surface area contributed by atoms with Gasteiger partial charge in [0.2, 0.25) is 0 Å². The fourth-order valence-corrected chi connectivity index (χ4v) is 4.17. The zero-order valence-electron chi connectivity index (χ0n) is 17.9. The number of hydrogen-bond acceptors (Lipinski definition) is 5. The number of anilines is 1. The van der Waals surface area contributed by atoms with Crippen LogP contribution in [0.5, 0.6) is 5.75 Å². The first-order valence-electron chi connectivity index (χ1n) is 10.1. The van der Waals surface area contributed by atoms with Crippen molar-refractivity contribution < 1.29 is 9.53 Å². The number of fused-ring (bicyclic) bond motifs is 1. The van der Waals surface area contributed by atoms with Gasteiger partial charge < -0.3 is 9.64 Å². The summed E-state index contributed by atoms with van der Waals surface area (Å²) < 4.78 is 5.64. The van der Waals surface area contributed by atoms with E-state index in [2.05, 4.69) is 60.2 Å². The second-order valence-corrected chi connectivity index (χ2v) is 8.14. The average molecular weight is 395 g/mol. The Labute approximate surface area is 173 Å². The van der Waals surface area contributed by atoms with Crippen molar-refractivity contribution in [1.82, 2.24) is 10.4 Å². The molecule has 2 aromatic rings. The minimum atomic E-state index is -0.344. The third kappa shape index (κ3) is 4.42. The molecule has 1 atom stereocenters. The lowest BCUT2D eigenvalue weighted by Gasteiger charge is -2.47. The van der Waals surface area contributed by atoms with Crippen molar-refractivity contribution in [3.63, 3.8) is 0 Å². The molecule has 6 nitrogen and oxygen atoms in total. The van der Waals surface area contributed by atoms with Crippen LogP contribution in [0, 0.1) is 0 Å². The molecular formula is C23H30N4O2. The Morgan fingerprint density at radius 1 is 1.41 bits per heavy atom. The summed E-state index contributed by atoms with van der Waals surface area (Å²) in [4.78, 5) is 18.6. The van der Waals surface area contributed by atoms with Crippen LogP contribution in [0.4, 0.5) is 5.69 Å². The number of hydrogen-bond donors (Lipinski definition) is 1. The second-order valence-electron chi connectivity index (χ2n) is 8.14. The summed E-state index contributed by atoms with van der Waals surface area (Å²) in [5, 5.41) is 4.13. The highest BCUT2D eigenvalue weighted by molar-refractivity contribution is 5.93. The lowest BCUT2D eigenvalue weighted by Crippen LogP contribution is -2.48. The van der Waals surface area contributed by atoms with Crippen molar-refractivity contribution in [2.45, 2.75) is 52.0 Å². The van der Waals surface area contributed by atoms with E-state index < -0.39 is 0 Å². The molecule has 154 valence electrons. The van der Waals surface area contributed by atoms with Crippen LogP contribution >= 0.6 is 0 Å². The number of amides is 1. The molecule has 1 aliphatic heterocycles. The van der Waals surface area contributed by atoms with Crippen molar-refractivity contribution in [2.24, 2.45) is 5.10 Å². The Morgan fingerprint density at radius 2 is 2.21 bits per heavy atom. The number of nitrogens with zero attached hydrogens (tertiary/aromatic N) is 3. The quantitative estimate of drug-likeness (QED) is 0.584. The van der Waals surface area contributed by atoms with Gasteiger partial charge >= 0.3 is 0 Å². The van der Waals surface area contributed by atoms with E-state index in [9.17, 15) is 4.79 Å². The molecule has 1 aliphatic rings. The number of hydrazone groups is 1. The molecule has 0 aliphatic carbocycles. The normalized spacial score (nSPS) is 17.8. The van der Waals surface area contributed by atoms with Crippen LogP contribution in [0.2, 0.25) is 0 Å². The molecule has 0 saturated carbocycles. The van der Waals surface area contributed by atoms with E-state index in [1.807, 2.05) is 0 Å². The molecule has 0 spiro atoms. The van der Waals surface area contributed by atoms with Crippen molar-refractivity contribution in [1.29, 1.82) is 0 Å². The highest BCUT2D eigenvalue weighted by Gasteiger charge is 2.36. The van der Waals surface area contributed by atoms with E-state index >= 15 is 0 Å². The maximum atomic E-state index is 12.1. The standard InChI is InChI=1S/C23H30N4O2/c1-6-11-27-20-13-21(29-5)17(12-18(20)16(2)14-23(27,3)4)15-25-26-22(28)19-9-7-8-10-24-19/h7-10,12-13,15-16H,6,11,14H2,1-5H3,(H,26,28)/b25-15-. The topological polar surface area (TPSA) is 66.8 Å². The lowest BCUT2D eigenvalue weighted by atomic mass is 9.79. The van der Waals surface area contributed by atoms with Gasteiger partial charge in [-0.15, -0.1) is 0 Å². The predicted octanol–water partition coefficient (Wildman–Crippen LogP) is 4.36. The molecule has 29 heavy (non-hydrogen) atoms. The minimum absolute atomic E-state index is 0.0969. The van der Waals surface area contributed by atoms with E-state index in [1.54, 1.807) is 37.7 Å². The van der Waals surface area contributed by atoms with E-state index in [4.69, 9.17) is 4.74 Å². The van der Waals surface area contributed by atoms with Crippen LogP contribution in [0.15, 0.2) is 41.6 Å². The molecular weight excluding hydrogens is 364 g/mol. The van der Waals surface area contributed by atoms with Crippen molar-refractivity contribution in [2.75, 3.05) is 18.6 Å². The molecule has 1 N–H and O–H groups in total. The summed E-state index contributed by atoms with van der Waals surface area (Å²) in [5.74, 6) is 0.822. The highest BCUT2D eigenvalue weighted by Crippen LogP contribution is 2.45. The number of ether oxygens (including phenoxy) is 1. The van der Waals surface area contributed by atoms with Crippen LogP contribution in [-0.2, 0) is 0 Å². The van der Waals surface area contributed by atoms with Crippen LogP contribution in [-0.4, -0.2) is 36.3 Å². The molecule has 0 saturated heterocycles. The highest BCUT2D eigenvalue weighted by atomic mass is 16.5. The molecule has 0 bridgehead atoms. The smallest absolute Gasteiger partial charge is 0.289 e. The van der Waals surface area contributed by atoms with Gasteiger partial charge in [0.25, 0.3) is 5.91 Å². The molecule has 2 heterocycles. The first-order chi connectivity index (χ1) is 13.9. The maximum Gasteiger partial charge on any atom is 0.289 e. The Hall–Kier alpha value is -2.89. The summed E-state index contributed by atoms with van der Waals surface area (Å²) in [6.45, 7) is 10.1. The van der Waals surface area contributed by atoms with Crippen molar-refractivity contribution in [3.8, 4) is 5.75 Å². The van der Waals surface area contributed by atoms with Crippen LogP contribution in [0.1, 0.15) is 68.1 Å². The van der Waals surface area contributed by atoms with Gasteiger partial charge in [-0.1, -0.05) is 19.9 Å². The van der Waals surface area contributed by atoms with Crippen molar-refractivity contribution >= 4 is 17.8 Å². The Bertz CT molecular complexity index is 893. The number of carbonyl (C=O) groups is 1. The van der Waals surface area contributed by atoms with Gasteiger partial charge in [-0.2, -0.15) is 5.10 Å². The number of methoxy groups -OCH3 is 1. The van der Waals surface area contributed by atoms with E-state index in [1.165, 1.54) is 11.3 Å². The number of pyridine rings is 1. The lowest BCUT2D eigenvalue weighted by molar-refractivity contribution is 0.0950. The Morgan fingerprint density at radius 3 is 2.86 bits per heavy atom. The Kier molecular flexibility index (Phi) is 6.20. The maximum absolute atomic E-state index is 12.1. The summed E-state index contributed by atoms with van der Waals surface area (Å²) in [5.41, 5.74) is 6.31. The largest absolute Gasteiger partial charge is 0.496 e. The molecule has 0 radical (unpaired) electrons. The minimum Gasteiger partial charge on any atom is -0.496 e. The third-order valence-electron chi connectivity index (χ3n) is 5.45. The molecule has 6 heteroatoms. The molecule has 1 aromatic carbocycles. The molecule has 3 rings (SSSR count). The fourth-order valence-electron chi connectivity index (χ4n) is 4.17. The number of rotatable bonds is 6. The predicted molar refractivity (Wildman–Crippen MR) is 117 cm³/mol. The molecule has 1 aromatic heterocycles. The average Bonchev–Trinajstić information content (AvgIpc) is 2.71. The number of aromatic nitrogens is 1. The second kappa shape index (κ2) is 8.64. The van der Waals surface area contributed by atoms with Gasteiger partial charge in [0.15, 0.2) is 0 Å². The van der Waals surface area contributed by atoms with Crippen molar-refractivity contribution in [3.05, 3.63) is 53.3 Å². The summed E-state index contributed by atoms with van der Waals surface area (Å²) in [6, 6.07) is 9.42. The number of nitrogens with one attached hydrogen (secondary N) is 1. The van der Waals surface area contributed by atoms with Gasteiger partial charge in [-0.3, -0.25) is 9.78 Å². The van der Waals surface area contributed by atoms with Gasteiger partial charge in [-0.25, -0.2) is 5.43 Å². The summed E-state index contributed by atoms with van der Waals surface area (Å²) in [6.07, 6.45) is 5.38. The fraction of sp³-hybridized carbons (Fsp3) is 0.435. The first kappa shape index (κ1) is 20.8. The molecule has 1 amide bonds. The van der Waals surface area contributed by atoms with E-state index in [-0.39, 0.29) is 11.4 Å². The summed E-state index contributed by atoms with van der Waals surface area (Å²) in [7, 11) is 1.66. The number of carbonyl (C=O) groups excluding carboxylic acids is 1. The monoisotopic (exact) mass is 394 g/mol. The third-order valence-corrected chi connectivity index (χ3v) is 5.45. The number of benzene rings is 1. The van der Waals surface area contributed by atoms with Gasteiger partial charge in [0.05, 0.1) is 13.3 Å². The summed E-state index contributed by atoms with van der Waals surface area (Å²) >= 11 is 0.